The Morgan fingerprint density at radius 1 is 1.17 bits per heavy atom. The summed E-state index contributed by atoms with van der Waals surface area (Å²) < 4.78 is 39.2. The highest BCUT2D eigenvalue weighted by atomic mass is 19.4. The highest BCUT2D eigenvalue weighted by Crippen LogP contribution is 2.32. The summed E-state index contributed by atoms with van der Waals surface area (Å²) in [5.74, 6) is -1.57. The second-order valence-corrected chi connectivity index (χ2v) is 6.39. The average molecular weight is 415 g/mol. The third kappa shape index (κ3) is 4.86. The Hall–Kier alpha value is -3.51. The second kappa shape index (κ2) is 7.85. The van der Waals surface area contributed by atoms with Crippen LogP contribution in [0.15, 0.2) is 18.2 Å². The molecule has 0 bridgehead atoms. The number of hydrogen-bond donors (Lipinski definition) is 1. The third-order valence-electron chi connectivity index (χ3n) is 4.18. The number of hydrogen-bond acceptors (Lipinski definition) is 6. The summed E-state index contributed by atoms with van der Waals surface area (Å²) in [6.45, 7) is 3.84. The van der Waals surface area contributed by atoms with Gasteiger partial charge in [-0.25, -0.2) is 0 Å². The van der Waals surface area contributed by atoms with Crippen molar-refractivity contribution in [3.63, 3.8) is 0 Å². The lowest BCUT2D eigenvalue weighted by Crippen LogP contribution is -2.25. The zero-order valence-corrected chi connectivity index (χ0v) is 15.5. The molecule has 156 valence electrons. The van der Waals surface area contributed by atoms with E-state index >= 15 is 0 Å². The molecule has 1 unspecified atom stereocenters. The molecule has 0 saturated carbocycles. The molecule has 1 heterocycles. The van der Waals surface area contributed by atoms with Crippen molar-refractivity contribution in [2.75, 3.05) is 5.32 Å². The number of aryl methyl sites for hydroxylation is 1. The summed E-state index contributed by atoms with van der Waals surface area (Å²) in [5, 5.41) is 27.9. The van der Waals surface area contributed by atoms with E-state index in [1.807, 2.05) is 0 Å². The zero-order chi connectivity index (χ0) is 22.1. The number of nitro groups is 2. The first kappa shape index (κ1) is 21.8. The van der Waals surface area contributed by atoms with Gasteiger partial charge in [0.15, 0.2) is 5.69 Å². The average Bonchev–Trinajstić information content (AvgIpc) is 2.96. The molecule has 10 nitrogen and oxygen atoms in total. The van der Waals surface area contributed by atoms with Crippen LogP contribution in [0.1, 0.15) is 23.9 Å². The van der Waals surface area contributed by atoms with Gasteiger partial charge in [-0.1, -0.05) is 6.92 Å². The van der Waals surface area contributed by atoms with Crippen molar-refractivity contribution in [3.8, 4) is 0 Å². The lowest BCUT2D eigenvalue weighted by molar-refractivity contribution is -0.395. The monoisotopic (exact) mass is 415 g/mol. The fraction of sp³-hybridized carbons (Fsp3) is 0.375. The van der Waals surface area contributed by atoms with E-state index in [4.69, 9.17) is 0 Å². The van der Waals surface area contributed by atoms with Crippen LogP contribution in [0.4, 0.5) is 30.2 Å². The molecule has 1 amide bonds. The summed E-state index contributed by atoms with van der Waals surface area (Å²) in [4.78, 5) is 32.9. The first-order valence-corrected chi connectivity index (χ1v) is 8.17. The van der Waals surface area contributed by atoms with Crippen molar-refractivity contribution in [2.45, 2.75) is 33.5 Å². The molecule has 1 aromatic carbocycles. The highest BCUT2D eigenvalue weighted by molar-refractivity contribution is 5.93. The van der Waals surface area contributed by atoms with Crippen LogP contribution in [-0.4, -0.2) is 25.5 Å². The number of carbonyl (C=O) groups is 1. The van der Waals surface area contributed by atoms with Crippen LogP contribution < -0.4 is 5.32 Å². The predicted octanol–water partition coefficient (Wildman–Crippen LogP) is 3.61. The number of amides is 1. The topological polar surface area (TPSA) is 133 Å². The van der Waals surface area contributed by atoms with Crippen molar-refractivity contribution in [1.29, 1.82) is 0 Å². The van der Waals surface area contributed by atoms with E-state index < -0.39 is 44.9 Å². The number of carbonyl (C=O) groups excluding carboxylic acids is 1. The predicted molar refractivity (Wildman–Crippen MR) is 94.2 cm³/mol. The van der Waals surface area contributed by atoms with Crippen molar-refractivity contribution in [3.05, 3.63) is 55.4 Å². The molecule has 0 aliphatic heterocycles. The van der Waals surface area contributed by atoms with Crippen LogP contribution in [0.5, 0.6) is 0 Å². The van der Waals surface area contributed by atoms with E-state index in [1.54, 1.807) is 0 Å². The standard InChI is InChI=1S/C16H16F3N5O5/c1-8(7-22-9(2)4-14(21-22)16(17,18)19)15(25)20-11-5-12(23(26)27)10(3)13(6-11)24(28)29/h4-6,8H,7H2,1-3H3,(H,20,25). The zero-order valence-electron chi connectivity index (χ0n) is 15.5. The smallest absolute Gasteiger partial charge is 0.325 e. The van der Waals surface area contributed by atoms with Crippen molar-refractivity contribution in [2.24, 2.45) is 5.92 Å². The lowest BCUT2D eigenvalue weighted by Gasteiger charge is -2.14. The maximum Gasteiger partial charge on any atom is 0.435 e. The van der Waals surface area contributed by atoms with Gasteiger partial charge in [0, 0.05) is 17.8 Å². The second-order valence-electron chi connectivity index (χ2n) is 6.39. The van der Waals surface area contributed by atoms with Crippen molar-refractivity contribution >= 4 is 23.0 Å². The van der Waals surface area contributed by atoms with Gasteiger partial charge in [0.1, 0.15) is 5.56 Å². The summed E-state index contributed by atoms with van der Waals surface area (Å²) in [6.07, 6.45) is -4.62. The Bertz CT molecular complexity index is 951. The molecule has 1 atom stereocenters. The van der Waals surface area contributed by atoms with E-state index in [0.717, 1.165) is 22.9 Å². The van der Waals surface area contributed by atoms with Gasteiger partial charge < -0.3 is 5.32 Å². The number of alkyl halides is 3. The minimum absolute atomic E-state index is 0.168. The number of benzene rings is 1. The highest BCUT2D eigenvalue weighted by Gasteiger charge is 2.34. The first-order chi connectivity index (χ1) is 13.3. The summed E-state index contributed by atoms with van der Waals surface area (Å²) in [7, 11) is 0. The molecule has 0 spiro atoms. The fourth-order valence-corrected chi connectivity index (χ4v) is 2.58. The largest absolute Gasteiger partial charge is 0.435 e. The normalized spacial score (nSPS) is 12.5. The van der Waals surface area contributed by atoms with Crippen molar-refractivity contribution in [1.82, 2.24) is 9.78 Å². The molecule has 0 saturated heterocycles. The summed E-state index contributed by atoms with van der Waals surface area (Å²) >= 11 is 0. The maximum absolute atomic E-state index is 12.7. The SMILES string of the molecule is Cc1c([N+](=O)[O-])cc(NC(=O)C(C)Cn2nc(C(F)(F)F)cc2C)cc1[N+](=O)[O-]. The molecule has 0 radical (unpaired) electrons. The summed E-state index contributed by atoms with van der Waals surface area (Å²) in [5.41, 5.74) is -2.32. The van der Waals surface area contributed by atoms with E-state index in [1.165, 1.54) is 20.8 Å². The molecule has 0 fully saturated rings. The Morgan fingerprint density at radius 3 is 2.10 bits per heavy atom. The molecule has 1 N–H and O–H groups in total. The van der Waals surface area contributed by atoms with Crippen LogP contribution in [0.25, 0.3) is 0 Å². The summed E-state index contributed by atoms with van der Waals surface area (Å²) in [6, 6.07) is 2.80. The number of rotatable bonds is 6. The molecular weight excluding hydrogens is 399 g/mol. The molecule has 13 heteroatoms. The van der Waals surface area contributed by atoms with Crippen LogP contribution in [-0.2, 0) is 17.5 Å². The van der Waals surface area contributed by atoms with Crippen LogP contribution in [0.3, 0.4) is 0 Å². The minimum Gasteiger partial charge on any atom is -0.325 e. The van der Waals surface area contributed by atoms with Gasteiger partial charge in [0.2, 0.25) is 5.91 Å². The molecule has 2 rings (SSSR count). The molecule has 2 aromatic rings. The molecule has 1 aromatic heterocycles. The Labute approximate surface area is 161 Å². The van der Waals surface area contributed by atoms with Gasteiger partial charge in [0.05, 0.1) is 28.0 Å². The van der Waals surface area contributed by atoms with E-state index in [0.29, 0.717) is 0 Å². The number of aromatic nitrogens is 2. The molecular formula is C16H16F3N5O5. The van der Waals surface area contributed by atoms with E-state index in [2.05, 4.69) is 10.4 Å². The lowest BCUT2D eigenvalue weighted by atomic mass is 10.1. The quantitative estimate of drug-likeness (QED) is 0.566. The Morgan fingerprint density at radius 2 is 1.69 bits per heavy atom. The minimum atomic E-state index is -4.62. The fourth-order valence-electron chi connectivity index (χ4n) is 2.58. The number of anilines is 1. The Kier molecular flexibility index (Phi) is 5.90. The number of nitrogens with one attached hydrogen (secondary N) is 1. The molecule has 0 aliphatic rings. The van der Waals surface area contributed by atoms with E-state index in [9.17, 15) is 38.2 Å². The molecule has 0 aliphatic carbocycles. The third-order valence-corrected chi connectivity index (χ3v) is 4.18. The number of nitrogens with zero attached hydrogens (tertiary/aromatic N) is 4. The first-order valence-electron chi connectivity index (χ1n) is 8.17. The Balaban J connectivity index is 2.23. The van der Waals surface area contributed by atoms with E-state index in [-0.39, 0.29) is 23.5 Å². The van der Waals surface area contributed by atoms with Gasteiger partial charge in [-0.3, -0.25) is 29.7 Å². The van der Waals surface area contributed by atoms with Crippen LogP contribution >= 0.6 is 0 Å². The van der Waals surface area contributed by atoms with Gasteiger partial charge in [0.25, 0.3) is 11.4 Å². The van der Waals surface area contributed by atoms with Gasteiger partial charge in [-0.15, -0.1) is 0 Å². The number of halogens is 3. The molecule has 29 heavy (non-hydrogen) atoms. The maximum atomic E-state index is 12.7. The van der Waals surface area contributed by atoms with Crippen LogP contribution in [0.2, 0.25) is 0 Å². The van der Waals surface area contributed by atoms with Gasteiger partial charge >= 0.3 is 6.18 Å². The van der Waals surface area contributed by atoms with Gasteiger partial charge in [-0.05, 0) is 19.9 Å². The van der Waals surface area contributed by atoms with Gasteiger partial charge in [-0.2, -0.15) is 18.3 Å². The van der Waals surface area contributed by atoms with Crippen molar-refractivity contribution < 1.29 is 27.8 Å². The van der Waals surface area contributed by atoms with Crippen LogP contribution in [0, 0.1) is 40.0 Å². The number of nitro benzene ring substituents is 2.